The maximum absolute atomic E-state index is 11.5. The highest BCUT2D eigenvalue weighted by Gasteiger charge is 2.28. The molecule has 3 nitrogen and oxygen atoms in total. The number of nitrogens with two attached hydrogens (primary N) is 1. The van der Waals surface area contributed by atoms with E-state index in [1.165, 1.54) is 12.7 Å². The van der Waals surface area contributed by atoms with Gasteiger partial charge in [-0.15, -0.1) is 0 Å². The number of ether oxygens (including phenoxy) is 1. The normalized spacial score (nSPS) is 14.3. The van der Waals surface area contributed by atoms with Crippen molar-refractivity contribution in [1.29, 1.82) is 0 Å². The largest absolute Gasteiger partial charge is 0.469 e. The quantitative estimate of drug-likeness (QED) is 0.816. The van der Waals surface area contributed by atoms with Gasteiger partial charge in [0.05, 0.1) is 13.5 Å². The van der Waals surface area contributed by atoms with E-state index in [9.17, 15) is 4.79 Å². The standard InChI is InChI=1S/C15H23NO2/c1-11(2)12-5-7-13(8-6-12)15(3,10-16)9-14(17)18-4/h5-8,11H,9-10,16H2,1-4H3. The summed E-state index contributed by atoms with van der Waals surface area (Å²) < 4.78 is 4.74. The molecule has 0 saturated heterocycles. The highest BCUT2D eigenvalue weighted by molar-refractivity contribution is 5.71. The molecule has 0 aliphatic carbocycles. The van der Waals surface area contributed by atoms with Gasteiger partial charge in [-0.05, 0) is 17.0 Å². The molecular weight excluding hydrogens is 226 g/mol. The molecule has 0 aliphatic heterocycles. The molecule has 0 spiro atoms. The van der Waals surface area contributed by atoms with E-state index in [1.54, 1.807) is 0 Å². The van der Waals surface area contributed by atoms with Gasteiger partial charge in [-0.1, -0.05) is 45.0 Å². The molecule has 3 heteroatoms. The van der Waals surface area contributed by atoms with Crippen LogP contribution in [0.3, 0.4) is 0 Å². The van der Waals surface area contributed by atoms with Crippen LogP contribution in [0.25, 0.3) is 0 Å². The number of benzene rings is 1. The third-order valence-corrected chi connectivity index (χ3v) is 3.49. The average molecular weight is 249 g/mol. The summed E-state index contributed by atoms with van der Waals surface area (Å²) in [6, 6.07) is 8.33. The van der Waals surface area contributed by atoms with Crippen molar-refractivity contribution in [3.8, 4) is 0 Å². The summed E-state index contributed by atoms with van der Waals surface area (Å²) in [4.78, 5) is 11.5. The predicted molar refractivity (Wildman–Crippen MR) is 73.6 cm³/mol. The Hall–Kier alpha value is -1.35. The van der Waals surface area contributed by atoms with E-state index in [0.717, 1.165) is 5.56 Å². The Bertz CT molecular complexity index is 397. The van der Waals surface area contributed by atoms with Crippen molar-refractivity contribution in [2.24, 2.45) is 5.73 Å². The Labute approximate surface area is 109 Å². The molecule has 0 aromatic heterocycles. The van der Waals surface area contributed by atoms with Gasteiger partial charge in [0.2, 0.25) is 0 Å². The zero-order valence-electron chi connectivity index (χ0n) is 11.7. The summed E-state index contributed by atoms with van der Waals surface area (Å²) >= 11 is 0. The minimum absolute atomic E-state index is 0.226. The van der Waals surface area contributed by atoms with Crippen LogP contribution in [0.15, 0.2) is 24.3 Å². The second kappa shape index (κ2) is 6.01. The summed E-state index contributed by atoms with van der Waals surface area (Å²) in [7, 11) is 1.40. The van der Waals surface area contributed by atoms with Crippen LogP contribution in [0, 0.1) is 0 Å². The van der Waals surface area contributed by atoms with Crippen LogP contribution in [0.2, 0.25) is 0 Å². The van der Waals surface area contributed by atoms with E-state index in [2.05, 4.69) is 38.1 Å². The van der Waals surface area contributed by atoms with E-state index < -0.39 is 0 Å². The fourth-order valence-electron chi connectivity index (χ4n) is 1.95. The fraction of sp³-hybridized carbons (Fsp3) is 0.533. The molecule has 100 valence electrons. The smallest absolute Gasteiger partial charge is 0.306 e. The van der Waals surface area contributed by atoms with E-state index >= 15 is 0 Å². The van der Waals surface area contributed by atoms with Gasteiger partial charge in [0.25, 0.3) is 0 Å². The second-order valence-electron chi connectivity index (χ2n) is 5.29. The first kappa shape index (κ1) is 14.7. The molecule has 18 heavy (non-hydrogen) atoms. The Morgan fingerprint density at radius 1 is 1.33 bits per heavy atom. The molecule has 0 bridgehead atoms. The zero-order valence-corrected chi connectivity index (χ0v) is 11.7. The van der Waals surface area contributed by atoms with Crippen molar-refractivity contribution < 1.29 is 9.53 Å². The fourth-order valence-corrected chi connectivity index (χ4v) is 1.95. The van der Waals surface area contributed by atoms with Gasteiger partial charge in [0, 0.05) is 12.0 Å². The number of carbonyl (C=O) groups is 1. The third-order valence-electron chi connectivity index (χ3n) is 3.49. The summed E-state index contributed by atoms with van der Waals surface area (Å²) in [5.74, 6) is 0.277. The van der Waals surface area contributed by atoms with Crippen molar-refractivity contribution in [2.45, 2.75) is 38.5 Å². The van der Waals surface area contributed by atoms with E-state index in [0.29, 0.717) is 18.9 Å². The molecular formula is C15H23NO2. The molecule has 0 radical (unpaired) electrons. The Balaban J connectivity index is 2.97. The monoisotopic (exact) mass is 249 g/mol. The first-order valence-electron chi connectivity index (χ1n) is 6.30. The molecule has 0 fully saturated rings. The van der Waals surface area contributed by atoms with E-state index in [-0.39, 0.29) is 11.4 Å². The third kappa shape index (κ3) is 3.33. The van der Waals surface area contributed by atoms with Crippen molar-refractivity contribution in [2.75, 3.05) is 13.7 Å². The summed E-state index contributed by atoms with van der Waals surface area (Å²) in [6.45, 7) is 6.73. The second-order valence-corrected chi connectivity index (χ2v) is 5.29. The number of carbonyl (C=O) groups excluding carboxylic acids is 1. The van der Waals surface area contributed by atoms with Crippen LogP contribution in [-0.4, -0.2) is 19.6 Å². The van der Waals surface area contributed by atoms with Gasteiger partial charge in [0.1, 0.15) is 0 Å². The van der Waals surface area contributed by atoms with Gasteiger partial charge in [-0.3, -0.25) is 4.79 Å². The lowest BCUT2D eigenvalue weighted by molar-refractivity contribution is -0.141. The molecule has 2 N–H and O–H groups in total. The van der Waals surface area contributed by atoms with Crippen LogP contribution in [0.4, 0.5) is 0 Å². The van der Waals surface area contributed by atoms with Crippen LogP contribution < -0.4 is 5.73 Å². The minimum atomic E-state index is -0.359. The lowest BCUT2D eigenvalue weighted by Crippen LogP contribution is -2.34. The van der Waals surface area contributed by atoms with Crippen LogP contribution in [0.5, 0.6) is 0 Å². The van der Waals surface area contributed by atoms with Gasteiger partial charge in [-0.2, -0.15) is 0 Å². The maximum atomic E-state index is 11.5. The van der Waals surface area contributed by atoms with Crippen molar-refractivity contribution in [3.05, 3.63) is 35.4 Å². The molecule has 1 atom stereocenters. The van der Waals surface area contributed by atoms with Gasteiger partial charge in [0.15, 0.2) is 0 Å². The van der Waals surface area contributed by atoms with E-state index in [4.69, 9.17) is 10.5 Å². The van der Waals surface area contributed by atoms with Crippen LogP contribution in [-0.2, 0) is 14.9 Å². The first-order chi connectivity index (χ1) is 8.42. The number of hydrogen-bond donors (Lipinski definition) is 1. The zero-order chi connectivity index (χ0) is 13.8. The van der Waals surface area contributed by atoms with Gasteiger partial charge >= 0.3 is 5.97 Å². The van der Waals surface area contributed by atoms with Crippen molar-refractivity contribution >= 4 is 5.97 Å². The average Bonchev–Trinajstić information content (AvgIpc) is 2.38. The molecule has 1 aromatic carbocycles. The highest BCUT2D eigenvalue weighted by Crippen LogP contribution is 2.28. The Kier molecular flexibility index (Phi) is 4.91. The molecule has 0 amide bonds. The summed E-state index contributed by atoms with van der Waals surface area (Å²) in [5.41, 5.74) is 7.84. The van der Waals surface area contributed by atoms with Gasteiger partial charge in [-0.25, -0.2) is 0 Å². The molecule has 0 heterocycles. The Morgan fingerprint density at radius 3 is 2.28 bits per heavy atom. The van der Waals surface area contributed by atoms with Crippen molar-refractivity contribution in [3.63, 3.8) is 0 Å². The molecule has 1 rings (SSSR count). The molecule has 1 unspecified atom stereocenters. The summed E-state index contributed by atoms with van der Waals surface area (Å²) in [5, 5.41) is 0. The number of rotatable bonds is 5. The lowest BCUT2D eigenvalue weighted by atomic mass is 9.79. The molecule has 0 saturated carbocycles. The van der Waals surface area contributed by atoms with Crippen molar-refractivity contribution in [1.82, 2.24) is 0 Å². The number of esters is 1. The topological polar surface area (TPSA) is 52.3 Å². The lowest BCUT2D eigenvalue weighted by Gasteiger charge is -2.27. The van der Waals surface area contributed by atoms with Crippen LogP contribution in [0.1, 0.15) is 44.2 Å². The maximum Gasteiger partial charge on any atom is 0.306 e. The number of methoxy groups -OCH3 is 1. The highest BCUT2D eigenvalue weighted by atomic mass is 16.5. The Morgan fingerprint density at radius 2 is 1.89 bits per heavy atom. The summed E-state index contributed by atoms with van der Waals surface area (Å²) in [6.07, 6.45) is 0.307. The SMILES string of the molecule is COC(=O)CC(C)(CN)c1ccc(C(C)C)cc1. The first-order valence-corrected chi connectivity index (χ1v) is 6.30. The van der Waals surface area contributed by atoms with Gasteiger partial charge < -0.3 is 10.5 Å². The molecule has 0 aliphatic rings. The minimum Gasteiger partial charge on any atom is -0.469 e. The van der Waals surface area contributed by atoms with E-state index in [1.807, 2.05) is 6.92 Å². The number of hydrogen-bond acceptors (Lipinski definition) is 3. The molecule has 1 aromatic rings. The van der Waals surface area contributed by atoms with Crippen LogP contribution >= 0.6 is 0 Å². The predicted octanol–water partition coefficient (Wildman–Crippen LogP) is 2.59.